The zero-order valence-electron chi connectivity index (χ0n) is 10.1. The molecular weight excluding hydrogens is 210 g/mol. The summed E-state index contributed by atoms with van der Waals surface area (Å²) in [4.78, 5) is 4.25. The number of nitrogens with one attached hydrogen (secondary N) is 1. The first-order valence-corrected chi connectivity index (χ1v) is 6.26. The fourth-order valence-electron chi connectivity index (χ4n) is 2.52. The highest BCUT2D eigenvalue weighted by Crippen LogP contribution is 2.33. The van der Waals surface area contributed by atoms with Crippen molar-refractivity contribution >= 4 is 5.69 Å². The maximum Gasteiger partial charge on any atom is 0.0950 e. The highest BCUT2D eigenvalue weighted by Gasteiger charge is 2.15. The number of aryl methyl sites for hydroxylation is 2. The van der Waals surface area contributed by atoms with Gasteiger partial charge in [-0.3, -0.25) is 0 Å². The van der Waals surface area contributed by atoms with Gasteiger partial charge in [0.25, 0.3) is 0 Å². The van der Waals surface area contributed by atoms with Gasteiger partial charge >= 0.3 is 0 Å². The molecule has 0 bridgehead atoms. The number of anilines is 1. The smallest absolute Gasteiger partial charge is 0.0950 e. The van der Waals surface area contributed by atoms with Crippen LogP contribution in [-0.2, 0) is 13.0 Å². The molecular formula is C14H17N3. The Balaban J connectivity index is 2.14. The Morgan fingerprint density at radius 2 is 2.35 bits per heavy atom. The molecule has 1 aromatic carbocycles. The Morgan fingerprint density at radius 3 is 3.24 bits per heavy atom. The van der Waals surface area contributed by atoms with Crippen LogP contribution in [0.5, 0.6) is 0 Å². The highest BCUT2D eigenvalue weighted by atomic mass is 15.0. The van der Waals surface area contributed by atoms with Crippen LogP contribution >= 0.6 is 0 Å². The van der Waals surface area contributed by atoms with Crippen LogP contribution in [0.15, 0.2) is 30.7 Å². The van der Waals surface area contributed by atoms with Gasteiger partial charge in [0.05, 0.1) is 18.2 Å². The minimum absolute atomic E-state index is 0.957. The number of nitrogens with zero attached hydrogens (tertiary/aromatic N) is 2. The zero-order valence-corrected chi connectivity index (χ0v) is 10.1. The molecule has 0 saturated heterocycles. The van der Waals surface area contributed by atoms with Crippen LogP contribution in [0.4, 0.5) is 5.69 Å². The van der Waals surface area contributed by atoms with Crippen molar-refractivity contribution < 1.29 is 0 Å². The van der Waals surface area contributed by atoms with Gasteiger partial charge in [0.1, 0.15) is 0 Å². The number of fused-ring (bicyclic) bond motifs is 1. The summed E-state index contributed by atoms with van der Waals surface area (Å²) in [5, 5.41) is 3.53. The van der Waals surface area contributed by atoms with Crippen molar-refractivity contribution in [2.75, 3.05) is 11.9 Å². The predicted molar refractivity (Wildman–Crippen MR) is 70.1 cm³/mol. The predicted octanol–water partition coefficient (Wildman–Crippen LogP) is 2.93. The molecule has 3 nitrogen and oxygen atoms in total. The molecule has 0 spiro atoms. The van der Waals surface area contributed by atoms with Crippen LogP contribution in [-0.4, -0.2) is 16.1 Å². The van der Waals surface area contributed by atoms with Gasteiger partial charge in [-0.05, 0) is 25.3 Å². The summed E-state index contributed by atoms with van der Waals surface area (Å²) in [7, 11) is 0. The van der Waals surface area contributed by atoms with Gasteiger partial charge in [-0.25, -0.2) is 4.98 Å². The number of hydrogen-bond donors (Lipinski definition) is 1. The fourth-order valence-corrected chi connectivity index (χ4v) is 2.52. The SMILES string of the molecule is CCn1cncc1-c1cccc2c1NCCC2. The normalized spacial score (nSPS) is 14.2. The van der Waals surface area contributed by atoms with E-state index in [0.29, 0.717) is 0 Å². The molecule has 3 heteroatoms. The van der Waals surface area contributed by atoms with Crippen molar-refractivity contribution in [1.29, 1.82) is 0 Å². The first-order chi connectivity index (χ1) is 8.40. The lowest BCUT2D eigenvalue weighted by Crippen LogP contribution is -2.13. The Labute approximate surface area is 101 Å². The molecule has 0 saturated carbocycles. The van der Waals surface area contributed by atoms with E-state index in [2.05, 4.69) is 40.0 Å². The van der Waals surface area contributed by atoms with Gasteiger partial charge in [-0.15, -0.1) is 0 Å². The average molecular weight is 227 g/mol. The molecule has 1 aromatic heterocycles. The molecule has 17 heavy (non-hydrogen) atoms. The van der Waals surface area contributed by atoms with E-state index in [-0.39, 0.29) is 0 Å². The maximum absolute atomic E-state index is 4.25. The molecule has 1 N–H and O–H groups in total. The molecule has 0 atom stereocenters. The molecule has 0 unspecified atom stereocenters. The van der Waals surface area contributed by atoms with Gasteiger partial charge in [-0.1, -0.05) is 18.2 Å². The van der Waals surface area contributed by atoms with Gasteiger partial charge in [0.15, 0.2) is 0 Å². The van der Waals surface area contributed by atoms with Crippen molar-refractivity contribution in [2.45, 2.75) is 26.3 Å². The third kappa shape index (κ3) is 1.71. The second-order valence-electron chi connectivity index (χ2n) is 4.43. The summed E-state index contributed by atoms with van der Waals surface area (Å²) < 4.78 is 2.19. The van der Waals surface area contributed by atoms with E-state index < -0.39 is 0 Å². The first-order valence-electron chi connectivity index (χ1n) is 6.26. The van der Waals surface area contributed by atoms with Crippen LogP contribution in [0.2, 0.25) is 0 Å². The minimum Gasteiger partial charge on any atom is -0.384 e. The second-order valence-corrected chi connectivity index (χ2v) is 4.43. The van der Waals surface area contributed by atoms with E-state index in [1.165, 1.54) is 35.3 Å². The van der Waals surface area contributed by atoms with Gasteiger partial charge in [0.2, 0.25) is 0 Å². The molecule has 1 aliphatic heterocycles. The lowest BCUT2D eigenvalue weighted by Gasteiger charge is -2.21. The number of para-hydroxylation sites is 1. The summed E-state index contributed by atoms with van der Waals surface area (Å²) in [6.07, 6.45) is 6.26. The Hall–Kier alpha value is -1.77. The van der Waals surface area contributed by atoms with Crippen molar-refractivity contribution in [3.8, 4) is 11.3 Å². The lowest BCUT2D eigenvalue weighted by molar-refractivity contribution is 0.767. The molecule has 2 heterocycles. The molecule has 0 amide bonds. The number of hydrogen-bond acceptors (Lipinski definition) is 2. The summed E-state index contributed by atoms with van der Waals surface area (Å²) in [6.45, 7) is 4.18. The maximum atomic E-state index is 4.25. The van der Waals surface area contributed by atoms with Crippen molar-refractivity contribution in [1.82, 2.24) is 9.55 Å². The monoisotopic (exact) mass is 227 g/mol. The van der Waals surface area contributed by atoms with Gasteiger partial charge in [-0.2, -0.15) is 0 Å². The zero-order chi connectivity index (χ0) is 11.7. The molecule has 3 rings (SSSR count). The summed E-state index contributed by atoms with van der Waals surface area (Å²) in [5.74, 6) is 0. The van der Waals surface area contributed by atoms with Crippen molar-refractivity contribution in [3.05, 3.63) is 36.3 Å². The largest absolute Gasteiger partial charge is 0.384 e. The molecule has 0 fully saturated rings. The molecule has 2 aromatic rings. The van der Waals surface area contributed by atoms with E-state index in [4.69, 9.17) is 0 Å². The number of rotatable bonds is 2. The van der Waals surface area contributed by atoms with E-state index in [1.54, 1.807) is 0 Å². The summed E-state index contributed by atoms with van der Waals surface area (Å²) >= 11 is 0. The molecule has 88 valence electrons. The molecule has 0 radical (unpaired) electrons. The van der Waals surface area contributed by atoms with E-state index in [9.17, 15) is 0 Å². The average Bonchev–Trinajstić information content (AvgIpc) is 2.86. The van der Waals surface area contributed by atoms with E-state index in [0.717, 1.165) is 13.1 Å². The third-order valence-corrected chi connectivity index (χ3v) is 3.40. The summed E-state index contributed by atoms with van der Waals surface area (Å²) in [6, 6.07) is 6.55. The topological polar surface area (TPSA) is 29.9 Å². The standard InChI is InChI=1S/C14H17N3/c1-2-17-10-15-9-13(17)12-7-3-5-11-6-4-8-16-14(11)12/h3,5,7,9-10,16H,2,4,6,8H2,1H3. The summed E-state index contributed by atoms with van der Waals surface area (Å²) in [5.41, 5.74) is 5.21. The van der Waals surface area contributed by atoms with Crippen LogP contribution in [0.3, 0.4) is 0 Å². The Kier molecular flexibility index (Phi) is 2.59. The third-order valence-electron chi connectivity index (χ3n) is 3.40. The number of imidazole rings is 1. The van der Waals surface area contributed by atoms with Crippen molar-refractivity contribution in [2.24, 2.45) is 0 Å². The van der Waals surface area contributed by atoms with Crippen LogP contribution in [0.25, 0.3) is 11.3 Å². The molecule has 0 aliphatic carbocycles. The van der Waals surface area contributed by atoms with Gasteiger partial charge < -0.3 is 9.88 Å². The van der Waals surface area contributed by atoms with Crippen LogP contribution in [0.1, 0.15) is 18.9 Å². The van der Waals surface area contributed by atoms with E-state index >= 15 is 0 Å². The van der Waals surface area contributed by atoms with E-state index in [1.807, 2.05) is 12.5 Å². The highest BCUT2D eigenvalue weighted by molar-refractivity contribution is 5.78. The van der Waals surface area contributed by atoms with Crippen LogP contribution < -0.4 is 5.32 Å². The first kappa shape index (κ1) is 10.4. The Bertz CT molecular complexity index is 528. The van der Waals surface area contributed by atoms with Crippen molar-refractivity contribution in [3.63, 3.8) is 0 Å². The lowest BCUT2D eigenvalue weighted by atomic mass is 9.98. The number of benzene rings is 1. The Morgan fingerprint density at radius 1 is 1.41 bits per heavy atom. The van der Waals surface area contributed by atoms with Crippen LogP contribution in [0, 0.1) is 0 Å². The fraction of sp³-hybridized carbons (Fsp3) is 0.357. The second kappa shape index (κ2) is 4.24. The number of aromatic nitrogens is 2. The molecule has 1 aliphatic rings. The van der Waals surface area contributed by atoms with Gasteiger partial charge in [0, 0.05) is 24.3 Å². The quantitative estimate of drug-likeness (QED) is 0.855. The minimum atomic E-state index is 0.957.